The zero-order chi connectivity index (χ0) is 19.4. The Balaban J connectivity index is 1.95. The molecular weight excluding hydrogens is 346 g/mol. The van der Waals surface area contributed by atoms with Crippen LogP contribution in [0.5, 0.6) is 0 Å². The normalized spacial score (nSPS) is 22.1. The molecule has 1 fully saturated rings. The van der Waals surface area contributed by atoms with E-state index < -0.39 is 30.3 Å². The SMILES string of the molecule is NC(=O)/C=C\C(=O)N(c1ccccc1)C1CC(O)N(c2ccccc2)C1O. The molecule has 1 aliphatic rings. The molecule has 1 heterocycles. The molecule has 4 N–H and O–H groups in total. The lowest BCUT2D eigenvalue weighted by Crippen LogP contribution is -2.48. The molecule has 2 amide bonds. The summed E-state index contributed by atoms with van der Waals surface area (Å²) in [5.41, 5.74) is 6.28. The lowest BCUT2D eigenvalue weighted by atomic mass is 10.1. The van der Waals surface area contributed by atoms with E-state index in [2.05, 4.69) is 0 Å². The first-order chi connectivity index (χ1) is 13.0. The lowest BCUT2D eigenvalue weighted by Gasteiger charge is -2.32. The van der Waals surface area contributed by atoms with Gasteiger partial charge >= 0.3 is 0 Å². The van der Waals surface area contributed by atoms with Crippen LogP contribution in [0.4, 0.5) is 11.4 Å². The van der Waals surface area contributed by atoms with Crippen LogP contribution in [0.1, 0.15) is 6.42 Å². The van der Waals surface area contributed by atoms with Crippen LogP contribution in [-0.2, 0) is 9.59 Å². The summed E-state index contributed by atoms with van der Waals surface area (Å²) >= 11 is 0. The monoisotopic (exact) mass is 367 g/mol. The molecule has 0 bridgehead atoms. The van der Waals surface area contributed by atoms with Crippen molar-refractivity contribution in [1.82, 2.24) is 0 Å². The van der Waals surface area contributed by atoms with E-state index in [9.17, 15) is 19.8 Å². The van der Waals surface area contributed by atoms with E-state index in [1.165, 1.54) is 9.80 Å². The Bertz CT molecular complexity index is 826. The molecule has 1 aliphatic heterocycles. The van der Waals surface area contributed by atoms with Crippen LogP contribution >= 0.6 is 0 Å². The van der Waals surface area contributed by atoms with Gasteiger partial charge < -0.3 is 25.7 Å². The Labute approximate surface area is 156 Å². The topological polar surface area (TPSA) is 107 Å². The third kappa shape index (κ3) is 3.99. The molecule has 1 saturated heterocycles. The number of hydrogen-bond donors (Lipinski definition) is 3. The quantitative estimate of drug-likeness (QED) is 0.683. The highest BCUT2D eigenvalue weighted by molar-refractivity contribution is 6.05. The number of hydrogen-bond acceptors (Lipinski definition) is 5. The first kappa shape index (κ1) is 18.6. The van der Waals surface area contributed by atoms with Crippen LogP contribution in [0.3, 0.4) is 0 Å². The van der Waals surface area contributed by atoms with Crippen molar-refractivity contribution in [2.45, 2.75) is 24.9 Å². The fraction of sp³-hybridized carbons (Fsp3) is 0.200. The van der Waals surface area contributed by atoms with E-state index in [0.29, 0.717) is 11.4 Å². The summed E-state index contributed by atoms with van der Waals surface area (Å²) < 4.78 is 0. The Morgan fingerprint density at radius 2 is 1.59 bits per heavy atom. The molecule has 0 radical (unpaired) electrons. The number of nitrogens with zero attached hydrogens (tertiary/aromatic N) is 2. The summed E-state index contributed by atoms with van der Waals surface area (Å²) in [4.78, 5) is 26.6. The second-order valence-corrected chi connectivity index (χ2v) is 6.22. The molecule has 3 rings (SSSR count). The van der Waals surface area contributed by atoms with Gasteiger partial charge in [0.2, 0.25) is 5.91 Å². The fourth-order valence-corrected chi connectivity index (χ4v) is 3.28. The second-order valence-electron chi connectivity index (χ2n) is 6.22. The molecule has 0 saturated carbocycles. The van der Waals surface area contributed by atoms with Gasteiger partial charge in [-0.1, -0.05) is 36.4 Å². The van der Waals surface area contributed by atoms with Crippen LogP contribution in [0.15, 0.2) is 72.8 Å². The van der Waals surface area contributed by atoms with E-state index in [4.69, 9.17) is 5.73 Å². The summed E-state index contributed by atoms with van der Waals surface area (Å²) in [5.74, 6) is -1.25. The van der Waals surface area contributed by atoms with Crippen LogP contribution in [0.2, 0.25) is 0 Å². The number of nitrogens with two attached hydrogens (primary N) is 1. The number of aliphatic hydroxyl groups excluding tert-OH is 2. The van der Waals surface area contributed by atoms with Crippen LogP contribution < -0.4 is 15.5 Å². The van der Waals surface area contributed by atoms with Crippen molar-refractivity contribution in [3.63, 3.8) is 0 Å². The summed E-state index contributed by atoms with van der Waals surface area (Å²) in [5, 5.41) is 21.4. The highest BCUT2D eigenvalue weighted by Gasteiger charge is 2.44. The molecule has 0 spiro atoms. The van der Waals surface area contributed by atoms with E-state index in [-0.39, 0.29) is 6.42 Å². The van der Waals surface area contributed by atoms with Crippen LogP contribution in [-0.4, -0.2) is 40.5 Å². The first-order valence-electron chi connectivity index (χ1n) is 8.54. The molecule has 7 nitrogen and oxygen atoms in total. The molecule has 0 aliphatic carbocycles. The van der Waals surface area contributed by atoms with Crippen LogP contribution in [0.25, 0.3) is 0 Å². The van der Waals surface area contributed by atoms with Gasteiger partial charge in [0.05, 0.1) is 6.04 Å². The zero-order valence-electron chi connectivity index (χ0n) is 14.6. The molecule has 0 aromatic heterocycles. The van der Waals surface area contributed by atoms with Gasteiger partial charge in [-0.3, -0.25) is 9.59 Å². The summed E-state index contributed by atoms with van der Waals surface area (Å²) in [6.45, 7) is 0. The fourth-order valence-electron chi connectivity index (χ4n) is 3.28. The highest BCUT2D eigenvalue weighted by Crippen LogP contribution is 2.33. The smallest absolute Gasteiger partial charge is 0.251 e. The predicted molar refractivity (Wildman–Crippen MR) is 102 cm³/mol. The van der Waals surface area contributed by atoms with Gasteiger partial charge in [0.1, 0.15) is 12.5 Å². The molecule has 27 heavy (non-hydrogen) atoms. The number of rotatable bonds is 5. The predicted octanol–water partition coefficient (Wildman–Crippen LogP) is 0.977. The van der Waals surface area contributed by atoms with Crippen molar-refractivity contribution in [3.8, 4) is 0 Å². The minimum Gasteiger partial charge on any atom is -0.373 e. The van der Waals surface area contributed by atoms with Gasteiger partial charge in [-0.2, -0.15) is 0 Å². The Kier molecular flexibility index (Phi) is 5.54. The number of benzene rings is 2. The number of para-hydroxylation sites is 2. The number of carbonyl (C=O) groups excluding carboxylic acids is 2. The largest absolute Gasteiger partial charge is 0.373 e. The molecule has 140 valence electrons. The third-order valence-electron chi connectivity index (χ3n) is 4.45. The van der Waals surface area contributed by atoms with Gasteiger partial charge in [-0.15, -0.1) is 0 Å². The summed E-state index contributed by atoms with van der Waals surface area (Å²) in [6.07, 6.45) is 0.0891. The van der Waals surface area contributed by atoms with E-state index >= 15 is 0 Å². The second kappa shape index (κ2) is 8.03. The Morgan fingerprint density at radius 1 is 1.00 bits per heavy atom. The number of aliphatic hydroxyl groups is 2. The number of anilines is 2. The molecule has 3 unspecified atom stereocenters. The molecular formula is C20H21N3O4. The molecule has 2 aromatic carbocycles. The maximum absolute atomic E-state index is 12.8. The van der Waals surface area contributed by atoms with Crippen molar-refractivity contribution in [2.24, 2.45) is 5.73 Å². The number of carbonyl (C=O) groups is 2. The van der Waals surface area contributed by atoms with E-state index in [0.717, 1.165) is 12.2 Å². The number of amides is 2. The summed E-state index contributed by atoms with van der Waals surface area (Å²) in [7, 11) is 0. The molecule has 7 heteroatoms. The van der Waals surface area contributed by atoms with Gasteiger partial charge in [-0.05, 0) is 24.3 Å². The summed E-state index contributed by atoms with van der Waals surface area (Å²) in [6, 6.07) is 17.1. The Hall–Kier alpha value is -3.16. The number of primary amides is 1. The molecule has 3 atom stereocenters. The van der Waals surface area contributed by atoms with Crippen molar-refractivity contribution in [1.29, 1.82) is 0 Å². The van der Waals surface area contributed by atoms with Crippen molar-refractivity contribution < 1.29 is 19.8 Å². The van der Waals surface area contributed by atoms with Gasteiger partial charge in [0, 0.05) is 29.9 Å². The molecule has 2 aromatic rings. The van der Waals surface area contributed by atoms with Crippen molar-refractivity contribution in [2.75, 3.05) is 9.80 Å². The van der Waals surface area contributed by atoms with Gasteiger partial charge in [0.15, 0.2) is 0 Å². The van der Waals surface area contributed by atoms with Crippen LogP contribution in [0, 0.1) is 0 Å². The van der Waals surface area contributed by atoms with Crippen molar-refractivity contribution >= 4 is 23.2 Å². The maximum Gasteiger partial charge on any atom is 0.251 e. The maximum atomic E-state index is 12.8. The minimum absolute atomic E-state index is 0.140. The standard InChI is InChI=1S/C20H21N3O4/c21-17(24)11-12-18(25)22(14-7-3-1-4-8-14)16-13-19(26)23(20(16)27)15-9-5-2-6-10-15/h1-12,16,19-20,26-27H,13H2,(H2,21,24)/b12-11-. The zero-order valence-corrected chi connectivity index (χ0v) is 14.6. The average molecular weight is 367 g/mol. The van der Waals surface area contributed by atoms with Crippen molar-refractivity contribution in [3.05, 3.63) is 72.8 Å². The third-order valence-corrected chi connectivity index (χ3v) is 4.45. The average Bonchev–Trinajstić information content (AvgIpc) is 2.96. The first-order valence-corrected chi connectivity index (χ1v) is 8.54. The van der Waals surface area contributed by atoms with Gasteiger partial charge in [-0.25, -0.2) is 0 Å². The minimum atomic E-state index is -1.13. The van der Waals surface area contributed by atoms with E-state index in [1.807, 2.05) is 12.1 Å². The van der Waals surface area contributed by atoms with Gasteiger partial charge in [0.25, 0.3) is 5.91 Å². The Morgan fingerprint density at radius 3 is 2.19 bits per heavy atom. The van der Waals surface area contributed by atoms with E-state index in [1.54, 1.807) is 48.5 Å². The highest BCUT2D eigenvalue weighted by atomic mass is 16.3. The lowest BCUT2D eigenvalue weighted by molar-refractivity contribution is -0.116.